The molecule has 1 unspecified atom stereocenters. The van der Waals surface area contributed by atoms with E-state index in [0.717, 1.165) is 13.1 Å². The van der Waals surface area contributed by atoms with Crippen molar-refractivity contribution in [1.82, 2.24) is 5.32 Å². The minimum absolute atomic E-state index is 0.582. The fourth-order valence-corrected chi connectivity index (χ4v) is 3.51. The second-order valence-corrected chi connectivity index (χ2v) is 6.14. The lowest BCUT2D eigenvalue weighted by Gasteiger charge is -2.41. The van der Waals surface area contributed by atoms with Crippen LogP contribution in [0.3, 0.4) is 0 Å². The average molecular weight is 282 g/mol. The highest BCUT2D eigenvalue weighted by Crippen LogP contribution is 2.32. The highest BCUT2D eigenvalue weighted by Gasteiger charge is 2.25. The maximum Gasteiger partial charge on any atom is 0.0450 e. The van der Waals surface area contributed by atoms with Crippen molar-refractivity contribution in [1.29, 1.82) is 0 Å². The summed E-state index contributed by atoms with van der Waals surface area (Å²) in [5.74, 6) is 0. The summed E-state index contributed by atoms with van der Waals surface area (Å²) in [4.78, 5) is 2.68. The molecule has 2 nitrogen and oxygen atoms in total. The molecule has 0 saturated carbocycles. The van der Waals surface area contributed by atoms with Crippen molar-refractivity contribution in [2.24, 2.45) is 0 Å². The van der Waals surface area contributed by atoms with E-state index in [1.54, 1.807) is 0 Å². The lowest BCUT2D eigenvalue weighted by Crippen LogP contribution is -2.47. The zero-order valence-corrected chi connectivity index (χ0v) is 13.2. The molecule has 1 heterocycles. The smallest absolute Gasteiger partial charge is 0.0450 e. The molecule has 1 N–H and O–H groups in total. The van der Waals surface area contributed by atoms with Gasteiger partial charge in [-0.2, -0.15) is 0 Å². The first-order valence-corrected chi connectivity index (χ1v) is 8.28. The standard InChI is InChI=1S/C19H26N2/c1-3-15(2)21(17-11-13-20-14-12-17)19-10-6-8-16-7-4-5-9-18(16)19/h4-10,15,17,20H,3,11-14H2,1-2H3. The van der Waals surface area contributed by atoms with Gasteiger partial charge in [-0.05, 0) is 50.7 Å². The van der Waals surface area contributed by atoms with Crippen LogP contribution in [-0.4, -0.2) is 25.2 Å². The van der Waals surface area contributed by atoms with E-state index in [1.165, 1.54) is 35.7 Å². The Morgan fingerprint density at radius 1 is 1.10 bits per heavy atom. The molecule has 0 spiro atoms. The highest BCUT2D eigenvalue weighted by atomic mass is 15.2. The Morgan fingerprint density at radius 3 is 2.57 bits per heavy atom. The maximum absolute atomic E-state index is 3.49. The number of anilines is 1. The van der Waals surface area contributed by atoms with E-state index in [1.807, 2.05) is 0 Å². The summed E-state index contributed by atoms with van der Waals surface area (Å²) >= 11 is 0. The van der Waals surface area contributed by atoms with Crippen molar-refractivity contribution in [3.8, 4) is 0 Å². The van der Waals surface area contributed by atoms with Crippen LogP contribution in [-0.2, 0) is 0 Å². The molecular weight excluding hydrogens is 256 g/mol. The molecule has 0 bridgehead atoms. The Labute approximate surface area is 128 Å². The number of piperidine rings is 1. The Balaban J connectivity index is 2.05. The summed E-state index contributed by atoms with van der Waals surface area (Å²) < 4.78 is 0. The molecule has 1 atom stereocenters. The molecule has 0 amide bonds. The van der Waals surface area contributed by atoms with E-state index in [-0.39, 0.29) is 0 Å². The molecular formula is C19H26N2. The number of fused-ring (bicyclic) bond motifs is 1. The van der Waals surface area contributed by atoms with Crippen molar-refractivity contribution in [3.05, 3.63) is 42.5 Å². The van der Waals surface area contributed by atoms with Crippen molar-refractivity contribution in [2.45, 2.75) is 45.2 Å². The van der Waals surface area contributed by atoms with E-state index >= 15 is 0 Å². The minimum atomic E-state index is 0.582. The molecule has 2 aromatic rings. The normalized spacial score (nSPS) is 17.8. The average Bonchev–Trinajstić information content (AvgIpc) is 2.56. The Hall–Kier alpha value is -1.54. The van der Waals surface area contributed by atoms with E-state index in [0.29, 0.717) is 12.1 Å². The second kappa shape index (κ2) is 6.48. The third kappa shape index (κ3) is 2.91. The summed E-state index contributed by atoms with van der Waals surface area (Å²) in [6.07, 6.45) is 3.67. The number of benzene rings is 2. The SMILES string of the molecule is CCC(C)N(c1cccc2ccccc12)C1CCNCC1. The molecule has 2 heteroatoms. The molecule has 0 aliphatic carbocycles. The zero-order valence-electron chi connectivity index (χ0n) is 13.2. The van der Waals surface area contributed by atoms with E-state index < -0.39 is 0 Å². The van der Waals surface area contributed by atoms with E-state index in [2.05, 4.69) is 66.5 Å². The highest BCUT2D eigenvalue weighted by molar-refractivity contribution is 5.94. The van der Waals surface area contributed by atoms with Crippen LogP contribution in [0, 0.1) is 0 Å². The molecule has 1 saturated heterocycles. The molecule has 21 heavy (non-hydrogen) atoms. The molecule has 1 fully saturated rings. The van der Waals surface area contributed by atoms with Crippen LogP contribution in [0.25, 0.3) is 10.8 Å². The topological polar surface area (TPSA) is 15.3 Å². The number of nitrogens with zero attached hydrogens (tertiary/aromatic N) is 1. The first-order valence-electron chi connectivity index (χ1n) is 8.28. The molecule has 1 aliphatic rings. The van der Waals surface area contributed by atoms with Crippen LogP contribution < -0.4 is 10.2 Å². The van der Waals surface area contributed by atoms with Gasteiger partial charge in [-0.25, -0.2) is 0 Å². The first-order chi connectivity index (χ1) is 10.3. The van der Waals surface area contributed by atoms with Gasteiger partial charge in [0, 0.05) is 23.2 Å². The van der Waals surface area contributed by atoms with Gasteiger partial charge in [-0.15, -0.1) is 0 Å². The summed E-state index contributed by atoms with van der Waals surface area (Å²) in [5, 5.41) is 6.22. The van der Waals surface area contributed by atoms with Gasteiger partial charge < -0.3 is 10.2 Å². The van der Waals surface area contributed by atoms with Crippen molar-refractivity contribution < 1.29 is 0 Å². The lowest BCUT2D eigenvalue weighted by atomic mass is 9.98. The van der Waals surface area contributed by atoms with Gasteiger partial charge in [-0.3, -0.25) is 0 Å². The molecule has 112 valence electrons. The summed E-state index contributed by atoms with van der Waals surface area (Å²) in [7, 11) is 0. The van der Waals surface area contributed by atoms with Crippen molar-refractivity contribution in [3.63, 3.8) is 0 Å². The van der Waals surface area contributed by atoms with Crippen LogP contribution in [0.4, 0.5) is 5.69 Å². The van der Waals surface area contributed by atoms with Crippen molar-refractivity contribution in [2.75, 3.05) is 18.0 Å². The third-order valence-corrected chi connectivity index (χ3v) is 4.81. The lowest BCUT2D eigenvalue weighted by molar-refractivity contribution is 0.403. The Bertz CT molecular complexity index is 582. The van der Waals surface area contributed by atoms with Gasteiger partial charge in [0.15, 0.2) is 0 Å². The van der Waals surface area contributed by atoms with Gasteiger partial charge in [0.05, 0.1) is 0 Å². The van der Waals surface area contributed by atoms with Gasteiger partial charge >= 0.3 is 0 Å². The maximum atomic E-state index is 3.49. The Kier molecular flexibility index (Phi) is 4.45. The van der Waals surface area contributed by atoms with E-state index in [9.17, 15) is 0 Å². The molecule has 3 rings (SSSR count). The fourth-order valence-electron chi connectivity index (χ4n) is 3.51. The van der Waals surface area contributed by atoms with Crippen molar-refractivity contribution >= 4 is 16.5 Å². The molecule has 2 aromatic carbocycles. The van der Waals surface area contributed by atoms with Crippen LogP contribution >= 0.6 is 0 Å². The summed E-state index contributed by atoms with van der Waals surface area (Å²) in [5.41, 5.74) is 1.41. The fraction of sp³-hybridized carbons (Fsp3) is 0.474. The molecule has 0 aromatic heterocycles. The zero-order chi connectivity index (χ0) is 14.7. The van der Waals surface area contributed by atoms with Crippen LogP contribution in [0.15, 0.2) is 42.5 Å². The molecule has 0 radical (unpaired) electrons. The van der Waals surface area contributed by atoms with Crippen LogP contribution in [0.5, 0.6) is 0 Å². The quantitative estimate of drug-likeness (QED) is 0.904. The number of hydrogen-bond acceptors (Lipinski definition) is 2. The number of nitrogens with one attached hydrogen (secondary N) is 1. The van der Waals surface area contributed by atoms with Crippen LogP contribution in [0.1, 0.15) is 33.1 Å². The summed E-state index contributed by atoms with van der Waals surface area (Å²) in [6.45, 7) is 6.94. The van der Waals surface area contributed by atoms with Gasteiger partial charge in [0.2, 0.25) is 0 Å². The van der Waals surface area contributed by atoms with E-state index in [4.69, 9.17) is 0 Å². The second-order valence-electron chi connectivity index (χ2n) is 6.14. The van der Waals surface area contributed by atoms with Gasteiger partial charge in [-0.1, -0.05) is 43.3 Å². The largest absolute Gasteiger partial charge is 0.365 e. The summed E-state index contributed by atoms with van der Waals surface area (Å²) in [6, 6.07) is 16.7. The van der Waals surface area contributed by atoms with Gasteiger partial charge in [0.25, 0.3) is 0 Å². The van der Waals surface area contributed by atoms with Crippen LogP contribution in [0.2, 0.25) is 0 Å². The molecule has 1 aliphatic heterocycles. The number of rotatable bonds is 4. The number of hydrogen-bond donors (Lipinski definition) is 1. The predicted octanol–water partition coefficient (Wildman–Crippen LogP) is 4.20. The minimum Gasteiger partial charge on any atom is -0.365 e. The monoisotopic (exact) mass is 282 g/mol. The van der Waals surface area contributed by atoms with Gasteiger partial charge in [0.1, 0.15) is 0 Å². The predicted molar refractivity (Wildman–Crippen MR) is 92.1 cm³/mol. The third-order valence-electron chi connectivity index (χ3n) is 4.81. The first kappa shape index (κ1) is 14.4. The Morgan fingerprint density at radius 2 is 1.81 bits per heavy atom.